The first-order valence-electron chi connectivity index (χ1n) is 15.0. The molecule has 0 bridgehead atoms. The minimum atomic E-state index is -3.10. The molecule has 0 unspecified atom stereocenters. The van der Waals surface area contributed by atoms with Crippen LogP contribution in [0.1, 0.15) is 62.4 Å². The van der Waals surface area contributed by atoms with Gasteiger partial charge in [-0.15, -0.1) is 0 Å². The Morgan fingerprint density at radius 1 is 1.05 bits per heavy atom. The molecule has 6 rings (SSSR count). The molecule has 1 spiro atoms. The van der Waals surface area contributed by atoms with Crippen molar-refractivity contribution in [2.24, 2.45) is 11.3 Å². The molecule has 3 aromatic rings. The molecule has 2 N–H and O–H groups in total. The molecule has 0 radical (unpaired) electrons. The van der Waals surface area contributed by atoms with Gasteiger partial charge in [0, 0.05) is 42.2 Å². The van der Waals surface area contributed by atoms with Crippen molar-refractivity contribution in [1.82, 2.24) is 29.8 Å². The number of nitrogens with zero attached hydrogens (tertiary/aromatic N) is 5. The molecule has 10 heteroatoms. The summed E-state index contributed by atoms with van der Waals surface area (Å²) < 4.78 is 26.7. The lowest BCUT2D eigenvalue weighted by Gasteiger charge is -2.55. The first-order valence-corrected chi connectivity index (χ1v) is 16.7. The van der Waals surface area contributed by atoms with Crippen LogP contribution in [0.5, 0.6) is 0 Å². The van der Waals surface area contributed by atoms with Crippen molar-refractivity contribution in [3.63, 3.8) is 0 Å². The van der Waals surface area contributed by atoms with Gasteiger partial charge in [-0.05, 0) is 108 Å². The number of nitrogens with one attached hydrogen (secondary N) is 2. The summed E-state index contributed by atoms with van der Waals surface area (Å²) in [6.07, 6.45) is 10.2. The maximum absolute atomic E-state index is 11.9. The standard InChI is InChI=1S/C30H43N7O2S/c1-3-40(38,39)35-25-8-5-24(6-9-25)18-36-14-12-30(13-15-36)19-37(20-30)29-27-17-23(7-11-28(27)31-21-32-29)4-10-26-16-22(2)33-34-26/h7,11,16-17,21,24-25,35H,3-6,8-10,12-15,18-20H2,1-2H3,(H,33,34). The Hall–Kier alpha value is -2.56. The molecule has 4 heterocycles. The number of aryl methyl sites for hydroxylation is 3. The molecule has 0 amide bonds. The highest BCUT2D eigenvalue weighted by molar-refractivity contribution is 7.89. The van der Waals surface area contributed by atoms with Crippen molar-refractivity contribution in [2.45, 2.75) is 71.3 Å². The van der Waals surface area contributed by atoms with Crippen LogP contribution < -0.4 is 9.62 Å². The third-order valence-corrected chi connectivity index (χ3v) is 10.9. The van der Waals surface area contributed by atoms with Crippen LogP contribution in [0.25, 0.3) is 10.9 Å². The normalized spacial score (nSPS) is 23.5. The van der Waals surface area contributed by atoms with E-state index in [4.69, 9.17) is 4.98 Å². The molecule has 1 aromatic carbocycles. The molecule has 9 nitrogen and oxygen atoms in total. The molecule has 1 aliphatic carbocycles. The highest BCUT2D eigenvalue weighted by Gasteiger charge is 2.46. The zero-order chi connectivity index (χ0) is 27.7. The van der Waals surface area contributed by atoms with Crippen molar-refractivity contribution >= 4 is 26.7 Å². The Balaban J connectivity index is 1.00. The van der Waals surface area contributed by atoms with E-state index in [1.807, 2.05) is 6.92 Å². The van der Waals surface area contributed by atoms with Crippen LogP contribution in [-0.4, -0.2) is 78.0 Å². The van der Waals surface area contributed by atoms with E-state index in [9.17, 15) is 8.42 Å². The molecule has 40 heavy (non-hydrogen) atoms. The van der Waals surface area contributed by atoms with Gasteiger partial charge in [-0.25, -0.2) is 23.1 Å². The van der Waals surface area contributed by atoms with E-state index in [1.165, 1.54) is 18.4 Å². The predicted octanol–water partition coefficient (Wildman–Crippen LogP) is 3.85. The first kappa shape index (κ1) is 27.6. The largest absolute Gasteiger partial charge is 0.355 e. The quantitative estimate of drug-likeness (QED) is 0.406. The molecule has 1 saturated carbocycles. The SMILES string of the molecule is CCS(=O)(=O)NC1CCC(CN2CCC3(CC2)CN(c2ncnc4ccc(CCc5cc(C)[nH]n5)cc24)C3)CC1. The Kier molecular flexibility index (Phi) is 7.85. The van der Waals surface area contributed by atoms with E-state index < -0.39 is 10.0 Å². The molecule has 2 saturated heterocycles. The number of piperidine rings is 1. The summed E-state index contributed by atoms with van der Waals surface area (Å²) in [4.78, 5) is 14.4. The van der Waals surface area contributed by atoms with Gasteiger partial charge in [0.1, 0.15) is 12.1 Å². The molecule has 216 valence electrons. The highest BCUT2D eigenvalue weighted by atomic mass is 32.2. The smallest absolute Gasteiger partial charge is 0.211 e. The second kappa shape index (κ2) is 11.4. The van der Waals surface area contributed by atoms with E-state index in [2.05, 4.69) is 54.0 Å². The fourth-order valence-corrected chi connectivity index (χ4v) is 7.89. The first-order chi connectivity index (χ1) is 19.3. The molecular weight excluding hydrogens is 522 g/mol. The van der Waals surface area contributed by atoms with Crippen molar-refractivity contribution in [3.05, 3.63) is 47.5 Å². The maximum Gasteiger partial charge on any atom is 0.211 e. The average molecular weight is 566 g/mol. The van der Waals surface area contributed by atoms with E-state index in [0.717, 1.165) is 99.4 Å². The number of aromatic amines is 1. The van der Waals surface area contributed by atoms with Crippen molar-refractivity contribution in [2.75, 3.05) is 43.4 Å². The van der Waals surface area contributed by atoms with Gasteiger partial charge < -0.3 is 9.80 Å². The second-order valence-electron chi connectivity index (χ2n) is 12.5. The van der Waals surface area contributed by atoms with E-state index >= 15 is 0 Å². The Bertz CT molecular complexity index is 1410. The second-order valence-corrected chi connectivity index (χ2v) is 14.5. The van der Waals surface area contributed by atoms with Gasteiger partial charge in [0.15, 0.2) is 0 Å². The third kappa shape index (κ3) is 6.19. The number of hydrogen-bond donors (Lipinski definition) is 2. The van der Waals surface area contributed by atoms with Crippen LogP contribution in [0.2, 0.25) is 0 Å². The molecule has 3 fully saturated rings. The van der Waals surface area contributed by atoms with Crippen LogP contribution in [-0.2, 0) is 22.9 Å². The summed E-state index contributed by atoms with van der Waals surface area (Å²) in [5, 5.41) is 8.57. The Morgan fingerprint density at radius 2 is 1.82 bits per heavy atom. The van der Waals surface area contributed by atoms with Crippen molar-refractivity contribution in [3.8, 4) is 0 Å². The minimum Gasteiger partial charge on any atom is -0.355 e. The van der Waals surface area contributed by atoms with Crippen LogP contribution in [0.15, 0.2) is 30.6 Å². The predicted molar refractivity (Wildman–Crippen MR) is 159 cm³/mol. The van der Waals surface area contributed by atoms with Crippen LogP contribution in [0.3, 0.4) is 0 Å². The number of benzene rings is 1. The number of H-pyrrole nitrogens is 1. The lowest BCUT2D eigenvalue weighted by atomic mass is 9.71. The van der Waals surface area contributed by atoms with Crippen molar-refractivity contribution < 1.29 is 8.42 Å². The third-order valence-electron chi connectivity index (χ3n) is 9.47. The van der Waals surface area contributed by atoms with Gasteiger partial charge in [0.25, 0.3) is 0 Å². The van der Waals surface area contributed by atoms with Gasteiger partial charge >= 0.3 is 0 Å². The highest BCUT2D eigenvalue weighted by Crippen LogP contribution is 2.44. The molecule has 2 aromatic heterocycles. The zero-order valence-corrected chi connectivity index (χ0v) is 24.7. The number of anilines is 1. The summed E-state index contributed by atoms with van der Waals surface area (Å²) in [6.45, 7) is 9.38. The lowest BCUT2D eigenvalue weighted by Crippen LogP contribution is -2.61. The van der Waals surface area contributed by atoms with Crippen LogP contribution in [0.4, 0.5) is 5.82 Å². The minimum absolute atomic E-state index is 0.126. The van der Waals surface area contributed by atoms with Crippen molar-refractivity contribution in [1.29, 1.82) is 0 Å². The summed E-state index contributed by atoms with van der Waals surface area (Å²) in [7, 11) is -3.10. The molecule has 2 aliphatic heterocycles. The summed E-state index contributed by atoms with van der Waals surface area (Å²) in [5.41, 5.74) is 4.91. The Morgan fingerprint density at radius 3 is 2.52 bits per heavy atom. The van der Waals surface area contributed by atoms with Gasteiger partial charge in [-0.1, -0.05) is 6.07 Å². The fourth-order valence-electron chi connectivity index (χ4n) is 6.98. The topological polar surface area (TPSA) is 107 Å². The zero-order valence-electron chi connectivity index (χ0n) is 23.9. The monoisotopic (exact) mass is 565 g/mol. The van der Waals surface area contributed by atoms with Gasteiger partial charge in [-0.2, -0.15) is 5.10 Å². The number of rotatable bonds is 9. The number of hydrogen-bond acceptors (Lipinski definition) is 7. The summed E-state index contributed by atoms with van der Waals surface area (Å²) in [5.74, 6) is 1.93. The molecule has 3 aliphatic rings. The molecular formula is C30H43N7O2S. The average Bonchev–Trinajstić information content (AvgIpc) is 3.37. The number of fused-ring (bicyclic) bond motifs is 1. The maximum atomic E-state index is 11.9. The van der Waals surface area contributed by atoms with Gasteiger partial charge in [0.05, 0.1) is 17.0 Å². The number of likely N-dealkylation sites (tertiary alicyclic amines) is 1. The molecule has 0 atom stereocenters. The summed E-state index contributed by atoms with van der Waals surface area (Å²) in [6, 6.07) is 8.83. The van der Waals surface area contributed by atoms with Gasteiger partial charge in [-0.3, -0.25) is 5.10 Å². The fraction of sp³-hybridized carbons (Fsp3) is 0.633. The van der Waals surface area contributed by atoms with Crippen LogP contribution in [0, 0.1) is 18.3 Å². The Labute approximate surface area is 238 Å². The van der Waals surface area contributed by atoms with Gasteiger partial charge in [0.2, 0.25) is 10.0 Å². The van der Waals surface area contributed by atoms with E-state index in [0.29, 0.717) is 11.3 Å². The summed E-state index contributed by atoms with van der Waals surface area (Å²) >= 11 is 0. The van der Waals surface area contributed by atoms with E-state index in [1.54, 1.807) is 13.3 Å². The number of sulfonamides is 1. The van der Waals surface area contributed by atoms with Crippen LogP contribution >= 0.6 is 0 Å². The lowest BCUT2D eigenvalue weighted by molar-refractivity contribution is 0.0621. The van der Waals surface area contributed by atoms with E-state index in [-0.39, 0.29) is 11.8 Å². The number of aromatic nitrogens is 4.